The summed E-state index contributed by atoms with van der Waals surface area (Å²) >= 11 is 4.86. The summed E-state index contributed by atoms with van der Waals surface area (Å²) in [7, 11) is 0. The second kappa shape index (κ2) is 5.83. The highest BCUT2D eigenvalue weighted by atomic mass is 32.1. The van der Waals surface area contributed by atoms with Gasteiger partial charge in [-0.1, -0.05) is 18.3 Å². The average Bonchev–Trinajstić information content (AvgIpc) is 2.40. The minimum atomic E-state index is -0.221. The van der Waals surface area contributed by atoms with E-state index in [0.717, 1.165) is 5.69 Å². The monoisotopic (exact) mass is 289 g/mol. The summed E-state index contributed by atoms with van der Waals surface area (Å²) in [6.45, 7) is 2.64. The van der Waals surface area contributed by atoms with Crippen molar-refractivity contribution in [2.75, 3.05) is 0 Å². The summed E-state index contributed by atoms with van der Waals surface area (Å²) in [6, 6.07) is 8.38. The minimum Gasteiger partial charge on any atom is -0.389 e. The van der Waals surface area contributed by atoms with E-state index in [9.17, 15) is 9.59 Å². The number of aromatic nitrogens is 2. The molecule has 2 N–H and O–H groups in total. The van der Waals surface area contributed by atoms with Gasteiger partial charge in [-0.2, -0.15) is 0 Å². The van der Waals surface area contributed by atoms with Gasteiger partial charge in [0, 0.05) is 31.0 Å². The summed E-state index contributed by atoms with van der Waals surface area (Å²) in [5, 5.41) is 0. The topological polar surface area (TPSA) is 70.0 Å². The highest BCUT2D eigenvalue weighted by Crippen LogP contribution is 1.99. The Hall–Kier alpha value is -2.21. The van der Waals surface area contributed by atoms with Crippen molar-refractivity contribution in [1.29, 1.82) is 0 Å². The molecule has 0 saturated heterocycles. The van der Waals surface area contributed by atoms with E-state index >= 15 is 0 Å². The second-order valence-electron chi connectivity index (χ2n) is 4.44. The molecule has 0 fully saturated rings. The molecule has 2 heterocycles. The van der Waals surface area contributed by atoms with Gasteiger partial charge in [0.25, 0.3) is 11.1 Å². The van der Waals surface area contributed by atoms with Crippen LogP contribution in [0.15, 0.2) is 46.1 Å². The molecule has 5 nitrogen and oxygen atoms in total. The number of pyridine rings is 2. The third-order valence-electron chi connectivity index (χ3n) is 3.12. The van der Waals surface area contributed by atoms with E-state index in [1.807, 2.05) is 6.92 Å². The fourth-order valence-corrected chi connectivity index (χ4v) is 2.14. The van der Waals surface area contributed by atoms with Crippen molar-refractivity contribution < 1.29 is 0 Å². The zero-order valence-corrected chi connectivity index (χ0v) is 11.9. The lowest BCUT2D eigenvalue weighted by Crippen LogP contribution is -2.32. The van der Waals surface area contributed by atoms with E-state index in [1.54, 1.807) is 39.6 Å². The van der Waals surface area contributed by atoms with E-state index in [4.69, 9.17) is 18.0 Å². The first-order chi connectivity index (χ1) is 9.50. The number of nitrogens with two attached hydrogens (primary N) is 1. The number of aryl methyl sites for hydroxylation is 2. The maximum atomic E-state index is 12.2. The predicted octanol–water partition coefficient (Wildman–Crippen LogP) is 0.653. The molecule has 0 spiro atoms. The summed E-state index contributed by atoms with van der Waals surface area (Å²) in [5.74, 6) is 0. The van der Waals surface area contributed by atoms with Crippen LogP contribution in [0.1, 0.15) is 11.3 Å². The van der Waals surface area contributed by atoms with Crippen molar-refractivity contribution in [3.8, 4) is 0 Å². The SMILES string of the molecule is Cc1ccc(C(N)=S)c(=O)n1CCn1ccccc1=O. The van der Waals surface area contributed by atoms with Gasteiger partial charge in [0.1, 0.15) is 4.99 Å². The molecule has 2 aromatic heterocycles. The van der Waals surface area contributed by atoms with Gasteiger partial charge in [0.15, 0.2) is 0 Å². The Morgan fingerprint density at radius 3 is 2.60 bits per heavy atom. The Kier molecular flexibility index (Phi) is 4.14. The number of hydrogen-bond donors (Lipinski definition) is 1. The van der Waals surface area contributed by atoms with Gasteiger partial charge in [-0.05, 0) is 25.1 Å². The van der Waals surface area contributed by atoms with Crippen LogP contribution < -0.4 is 16.9 Å². The normalized spacial score (nSPS) is 10.4. The molecular weight excluding hydrogens is 274 g/mol. The van der Waals surface area contributed by atoms with Crippen LogP contribution in [0.2, 0.25) is 0 Å². The van der Waals surface area contributed by atoms with Gasteiger partial charge in [-0.15, -0.1) is 0 Å². The minimum absolute atomic E-state index is 0.0839. The second-order valence-corrected chi connectivity index (χ2v) is 4.88. The van der Waals surface area contributed by atoms with Crippen molar-refractivity contribution in [2.45, 2.75) is 20.0 Å². The van der Waals surface area contributed by atoms with Crippen LogP contribution >= 0.6 is 12.2 Å². The Labute approximate surface area is 121 Å². The fraction of sp³-hybridized carbons (Fsp3) is 0.214. The summed E-state index contributed by atoms with van der Waals surface area (Å²) in [4.78, 5) is 23.9. The quantitative estimate of drug-likeness (QED) is 0.839. The molecule has 20 heavy (non-hydrogen) atoms. The molecule has 0 aromatic carbocycles. The van der Waals surface area contributed by atoms with Gasteiger partial charge >= 0.3 is 0 Å². The van der Waals surface area contributed by atoms with E-state index in [-0.39, 0.29) is 16.1 Å². The van der Waals surface area contributed by atoms with Crippen LogP contribution in [-0.4, -0.2) is 14.1 Å². The third kappa shape index (κ3) is 2.85. The Balaban J connectivity index is 2.33. The Bertz CT molecular complexity index is 761. The van der Waals surface area contributed by atoms with E-state index in [1.165, 1.54) is 6.07 Å². The van der Waals surface area contributed by atoms with Crippen molar-refractivity contribution in [1.82, 2.24) is 9.13 Å². The van der Waals surface area contributed by atoms with Crippen molar-refractivity contribution in [3.05, 3.63) is 68.5 Å². The van der Waals surface area contributed by atoms with Crippen LogP contribution in [-0.2, 0) is 13.1 Å². The molecule has 6 heteroatoms. The molecule has 0 aliphatic carbocycles. The van der Waals surface area contributed by atoms with Gasteiger partial charge in [-0.25, -0.2) is 0 Å². The first-order valence-corrected chi connectivity index (χ1v) is 6.57. The molecule has 0 bridgehead atoms. The van der Waals surface area contributed by atoms with E-state index in [0.29, 0.717) is 18.7 Å². The number of nitrogens with zero attached hydrogens (tertiary/aromatic N) is 2. The van der Waals surface area contributed by atoms with Gasteiger partial charge in [0.2, 0.25) is 0 Å². The van der Waals surface area contributed by atoms with E-state index < -0.39 is 0 Å². The largest absolute Gasteiger partial charge is 0.389 e. The van der Waals surface area contributed by atoms with Crippen molar-refractivity contribution in [2.24, 2.45) is 5.73 Å². The zero-order chi connectivity index (χ0) is 14.7. The van der Waals surface area contributed by atoms with Crippen LogP contribution in [0.5, 0.6) is 0 Å². The first kappa shape index (κ1) is 14.2. The smallest absolute Gasteiger partial charge is 0.261 e. The van der Waals surface area contributed by atoms with Gasteiger partial charge in [0.05, 0.1) is 5.56 Å². The zero-order valence-electron chi connectivity index (χ0n) is 11.1. The fourth-order valence-electron chi connectivity index (χ4n) is 1.99. The van der Waals surface area contributed by atoms with Gasteiger partial charge < -0.3 is 14.9 Å². The molecule has 0 saturated carbocycles. The molecule has 0 aliphatic heterocycles. The highest BCUT2D eigenvalue weighted by Gasteiger charge is 2.08. The Morgan fingerprint density at radius 1 is 1.20 bits per heavy atom. The van der Waals surface area contributed by atoms with Crippen LogP contribution in [0.3, 0.4) is 0 Å². The standard InChI is InChI=1S/C14H15N3O2S/c1-10-5-6-11(13(15)20)14(19)17(10)9-8-16-7-3-2-4-12(16)18/h2-7H,8-9H2,1H3,(H2,15,20). The molecule has 0 amide bonds. The third-order valence-corrected chi connectivity index (χ3v) is 3.34. The van der Waals surface area contributed by atoms with Crippen LogP contribution in [0, 0.1) is 6.92 Å². The number of thiocarbonyl (C=S) groups is 1. The molecule has 2 aromatic rings. The lowest BCUT2D eigenvalue weighted by Gasteiger charge is -2.12. The molecular formula is C14H15N3O2S. The number of rotatable bonds is 4. The predicted molar refractivity (Wildman–Crippen MR) is 82.0 cm³/mol. The van der Waals surface area contributed by atoms with Crippen LogP contribution in [0.25, 0.3) is 0 Å². The highest BCUT2D eigenvalue weighted by molar-refractivity contribution is 7.80. The molecule has 0 atom stereocenters. The molecule has 0 radical (unpaired) electrons. The Morgan fingerprint density at radius 2 is 1.95 bits per heavy atom. The van der Waals surface area contributed by atoms with Gasteiger partial charge in [-0.3, -0.25) is 9.59 Å². The van der Waals surface area contributed by atoms with E-state index in [2.05, 4.69) is 0 Å². The average molecular weight is 289 g/mol. The molecule has 0 unspecified atom stereocenters. The lowest BCUT2D eigenvalue weighted by molar-refractivity contribution is 0.543. The molecule has 104 valence electrons. The lowest BCUT2D eigenvalue weighted by atomic mass is 10.2. The van der Waals surface area contributed by atoms with Crippen LogP contribution in [0.4, 0.5) is 0 Å². The summed E-state index contributed by atoms with van der Waals surface area (Å²) in [6.07, 6.45) is 1.69. The van der Waals surface area contributed by atoms with Crippen molar-refractivity contribution >= 4 is 17.2 Å². The maximum absolute atomic E-state index is 12.2. The first-order valence-electron chi connectivity index (χ1n) is 6.16. The summed E-state index contributed by atoms with van der Waals surface area (Å²) < 4.78 is 3.13. The van der Waals surface area contributed by atoms with Crippen molar-refractivity contribution in [3.63, 3.8) is 0 Å². The summed E-state index contributed by atoms with van der Waals surface area (Å²) in [5.41, 5.74) is 6.34. The molecule has 0 aliphatic rings. The maximum Gasteiger partial charge on any atom is 0.261 e. The molecule has 2 rings (SSSR count). The number of hydrogen-bond acceptors (Lipinski definition) is 3.